The Hall–Kier alpha value is -1.20. The van der Waals surface area contributed by atoms with Crippen molar-refractivity contribution >= 4 is 11.6 Å². The first kappa shape index (κ1) is 12.3. The highest BCUT2D eigenvalue weighted by Gasteiger charge is 2.20. The SMILES string of the molecule is CC1CCCC(Oc2ccc(C#N)c(Cl)c2)C1. The van der Waals surface area contributed by atoms with Gasteiger partial charge in [0, 0.05) is 6.07 Å². The van der Waals surface area contributed by atoms with Gasteiger partial charge < -0.3 is 4.74 Å². The fourth-order valence-electron chi connectivity index (χ4n) is 2.34. The third kappa shape index (κ3) is 3.14. The van der Waals surface area contributed by atoms with Crippen LogP contribution in [-0.2, 0) is 0 Å². The molecule has 0 bridgehead atoms. The summed E-state index contributed by atoms with van der Waals surface area (Å²) in [7, 11) is 0. The average Bonchev–Trinajstić information content (AvgIpc) is 2.29. The molecule has 17 heavy (non-hydrogen) atoms. The van der Waals surface area contributed by atoms with Crippen molar-refractivity contribution in [1.82, 2.24) is 0 Å². The van der Waals surface area contributed by atoms with Crippen molar-refractivity contribution in [2.24, 2.45) is 5.92 Å². The van der Waals surface area contributed by atoms with Crippen molar-refractivity contribution in [3.8, 4) is 11.8 Å². The van der Waals surface area contributed by atoms with Crippen LogP contribution < -0.4 is 4.74 Å². The second-order valence-electron chi connectivity index (χ2n) is 4.77. The van der Waals surface area contributed by atoms with Crippen molar-refractivity contribution in [1.29, 1.82) is 5.26 Å². The number of ether oxygens (including phenoxy) is 1. The summed E-state index contributed by atoms with van der Waals surface area (Å²) in [6.45, 7) is 2.27. The van der Waals surface area contributed by atoms with E-state index in [1.54, 1.807) is 12.1 Å². The Morgan fingerprint density at radius 2 is 2.24 bits per heavy atom. The smallest absolute Gasteiger partial charge is 0.121 e. The molecule has 0 spiro atoms. The third-order valence-corrected chi connectivity index (χ3v) is 3.56. The van der Waals surface area contributed by atoms with Gasteiger partial charge in [0.2, 0.25) is 0 Å². The molecular weight excluding hydrogens is 234 g/mol. The molecule has 2 rings (SSSR count). The van der Waals surface area contributed by atoms with Crippen LogP contribution >= 0.6 is 11.6 Å². The van der Waals surface area contributed by atoms with Gasteiger partial charge in [0.1, 0.15) is 11.8 Å². The number of rotatable bonds is 2. The van der Waals surface area contributed by atoms with E-state index in [0.29, 0.717) is 16.7 Å². The van der Waals surface area contributed by atoms with Crippen molar-refractivity contribution in [2.45, 2.75) is 38.7 Å². The second kappa shape index (κ2) is 5.42. The molecular formula is C14H16ClNO. The molecule has 1 aromatic rings. The molecule has 0 radical (unpaired) electrons. The number of nitriles is 1. The first-order valence-corrected chi connectivity index (χ1v) is 6.43. The third-order valence-electron chi connectivity index (χ3n) is 3.25. The molecule has 1 saturated carbocycles. The average molecular weight is 250 g/mol. The minimum Gasteiger partial charge on any atom is -0.490 e. The van der Waals surface area contributed by atoms with Gasteiger partial charge in [0.05, 0.1) is 16.7 Å². The van der Waals surface area contributed by atoms with E-state index in [9.17, 15) is 0 Å². The minimum atomic E-state index is 0.294. The highest BCUT2D eigenvalue weighted by atomic mass is 35.5. The molecule has 0 amide bonds. The largest absolute Gasteiger partial charge is 0.490 e. The van der Waals surface area contributed by atoms with Crippen molar-refractivity contribution in [3.05, 3.63) is 28.8 Å². The summed E-state index contributed by atoms with van der Waals surface area (Å²) in [5.41, 5.74) is 0.496. The highest BCUT2D eigenvalue weighted by Crippen LogP contribution is 2.29. The molecule has 0 aliphatic heterocycles. The van der Waals surface area contributed by atoms with Crippen LogP contribution in [-0.4, -0.2) is 6.10 Å². The molecule has 1 aliphatic carbocycles. The maximum atomic E-state index is 8.79. The Morgan fingerprint density at radius 3 is 2.88 bits per heavy atom. The summed E-state index contributed by atoms with van der Waals surface area (Å²) in [6.07, 6.45) is 5.05. The van der Waals surface area contributed by atoms with Gasteiger partial charge in [-0.1, -0.05) is 24.9 Å². The molecule has 2 atom stereocenters. The van der Waals surface area contributed by atoms with Crippen LogP contribution in [0.3, 0.4) is 0 Å². The van der Waals surface area contributed by atoms with E-state index in [-0.39, 0.29) is 0 Å². The molecule has 0 N–H and O–H groups in total. The molecule has 2 unspecified atom stereocenters. The zero-order chi connectivity index (χ0) is 12.3. The summed E-state index contributed by atoms with van der Waals surface area (Å²) >= 11 is 5.97. The zero-order valence-electron chi connectivity index (χ0n) is 9.95. The summed E-state index contributed by atoms with van der Waals surface area (Å²) in [6, 6.07) is 7.32. The van der Waals surface area contributed by atoms with Gasteiger partial charge in [-0.05, 0) is 37.3 Å². The maximum Gasteiger partial charge on any atom is 0.121 e. The van der Waals surface area contributed by atoms with E-state index in [4.69, 9.17) is 21.6 Å². The first-order chi connectivity index (χ1) is 8.19. The van der Waals surface area contributed by atoms with Crippen LogP contribution in [0.25, 0.3) is 0 Å². The van der Waals surface area contributed by atoms with E-state index in [1.165, 1.54) is 12.8 Å². The van der Waals surface area contributed by atoms with Gasteiger partial charge in [0.15, 0.2) is 0 Å². The van der Waals surface area contributed by atoms with Gasteiger partial charge >= 0.3 is 0 Å². The molecule has 0 saturated heterocycles. The molecule has 2 nitrogen and oxygen atoms in total. The zero-order valence-corrected chi connectivity index (χ0v) is 10.7. The number of hydrogen-bond donors (Lipinski definition) is 0. The van der Waals surface area contributed by atoms with Crippen molar-refractivity contribution < 1.29 is 4.74 Å². The van der Waals surface area contributed by atoms with E-state index >= 15 is 0 Å². The lowest BCUT2D eigenvalue weighted by atomic mass is 9.89. The molecule has 1 fully saturated rings. The first-order valence-electron chi connectivity index (χ1n) is 6.05. The molecule has 1 aliphatic rings. The van der Waals surface area contributed by atoms with Crippen LogP contribution in [0, 0.1) is 17.2 Å². The standard InChI is InChI=1S/C14H16ClNO/c1-10-3-2-4-12(7-10)17-13-6-5-11(9-16)14(15)8-13/h5-6,8,10,12H,2-4,7H2,1H3. The van der Waals surface area contributed by atoms with Crippen molar-refractivity contribution in [2.75, 3.05) is 0 Å². The summed E-state index contributed by atoms with van der Waals surface area (Å²) in [4.78, 5) is 0. The number of benzene rings is 1. The fourth-order valence-corrected chi connectivity index (χ4v) is 2.55. The predicted octanol–water partition coefficient (Wildman–Crippen LogP) is 4.17. The van der Waals surface area contributed by atoms with Crippen LogP contribution in [0.15, 0.2) is 18.2 Å². The van der Waals surface area contributed by atoms with Crippen molar-refractivity contribution in [3.63, 3.8) is 0 Å². The normalized spacial score (nSPS) is 24.1. The van der Waals surface area contributed by atoms with E-state index in [0.717, 1.165) is 24.5 Å². The number of halogens is 1. The molecule has 0 aromatic heterocycles. The Bertz CT molecular complexity index is 438. The molecule has 1 aromatic carbocycles. The second-order valence-corrected chi connectivity index (χ2v) is 5.17. The quantitative estimate of drug-likeness (QED) is 0.788. The fraction of sp³-hybridized carbons (Fsp3) is 0.500. The minimum absolute atomic E-state index is 0.294. The lowest BCUT2D eigenvalue weighted by molar-refractivity contribution is 0.129. The maximum absolute atomic E-state index is 8.79. The van der Waals surface area contributed by atoms with Crippen LogP contribution in [0.4, 0.5) is 0 Å². The summed E-state index contributed by atoms with van der Waals surface area (Å²) in [5.74, 6) is 1.51. The van der Waals surface area contributed by atoms with Gasteiger partial charge in [-0.2, -0.15) is 5.26 Å². The Morgan fingerprint density at radius 1 is 1.41 bits per heavy atom. The number of hydrogen-bond acceptors (Lipinski definition) is 2. The van der Waals surface area contributed by atoms with E-state index < -0.39 is 0 Å². The highest BCUT2D eigenvalue weighted by molar-refractivity contribution is 6.31. The summed E-state index contributed by atoms with van der Waals surface area (Å²) < 4.78 is 5.91. The Balaban J connectivity index is 2.04. The van der Waals surface area contributed by atoms with Gasteiger partial charge in [0.25, 0.3) is 0 Å². The van der Waals surface area contributed by atoms with Crippen LogP contribution in [0.2, 0.25) is 5.02 Å². The van der Waals surface area contributed by atoms with Crippen LogP contribution in [0.5, 0.6) is 5.75 Å². The lowest BCUT2D eigenvalue weighted by Gasteiger charge is -2.27. The van der Waals surface area contributed by atoms with E-state index in [1.807, 2.05) is 12.1 Å². The monoisotopic (exact) mass is 249 g/mol. The molecule has 0 heterocycles. The molecule has 90 valence electrons. The van der Waals surface area contributed by atoms with Gasteiger partial charge in [-0.15, -0.1) is 0 Å². The lowest BCUT2D eigenvalue weighted by Crippen LogP contribution is -2.24. The van der Waals surface area contributed by atoms with E-state index in [2.05, 4.69) is 6.92 Å². The topological polar surface area (TPSA) is 33.0 Å². The van der Waals surface area contributed by atoms with Gasteiger partial charge in [-0.3, -0.25) is 0 Å². The van der Waals surface area contributed by atoms with Crippen LogP contribution in [0.1, 0.15) is 38.2 Å². The van der Waals surface area contributed by atoms with Gasteiger partial charge in [-0.25, -0.2) is 0 Å². The Labute approximate surface area is 107 Å². The summed E-state index contributed by atoms with van der Waals surface area (Å²) in [5, 5.41) is 9.26. The number of nitrogens with zero attached hydrogens (tertiary/aromatic N) is 1. The Kier molecular flexibility index (Phi) is 3.91. The molecule has 3 heteroatoms. The predicted molar refractivity (Wildman–Crippen MR) is 68.2 cm³/mol.